The molecule has 1 heterocycles. The van der Waals surface area contributed by atoms with Crippen LogP contribution in [-0.2, 0) is 4.74 Å². The van der Waals surface area contributed by atoms with Gasteiger partial charge in [-0.1, -0.05) is 51.1 Å². The average molecular weight is 370 g/mol. The van der Waals surface area contributed by atoms with Crippen LogP contribution in [0.15, 0.2) is 36.4 Å². The number of piperidine rings is 1. The highest BCUT2D eigenvalue weighted by Crippen LogP contribution is 2.38. The molecule has 1 aliphatic rings. The average Bonchev–Trinajstić information content (AvgIpc) is 2.61. The van der Waals surface area contributed by atoms with Gasteiger partial charge in [0.2, 0.25) is 0 Å². The van der Waals surface area contributed by atoms with E-state index in [1.165, 1.54) is 5.56 Å². The molecule has 27 heavy (non-hydrogen) atoms. The zero-order chi connectivity index (χ0) is 19.6. The van der Waals surface area contributed by atoms with Gasteiger partial charge in [0.15, 0.2) is 0 Å². The van der Waals surface area contributed by atoms with Crippen LogP contribution in [0.1, 0.15) is 62.5 Å². The fraction of sp³-hybridized carbons (Fsp3) is 0.522. The zero-order valence-electron chi connectivity index (χ0n) is 16.9. The number of ether oxygens (including phenoxy) is 1. The second kappa shape index (κ2) is 7.99. The first-order valence-corrected chi connectivity index (χ1v) is 9.90. The summed E-state index contributed by atoms with van der Waals surface area (Å²) in [5.74, 6) is -0.875. The van der Waals surface area contributed by atoms with Gasteiger partial charge < -0.3 is 9.84 Å². The molecule has 0 bridgehead atoms. The van der Waals surface area contributed by atoms with E-state index in [-0.39, 0.29) is 17.6 Å². The van der Waals surface area contributed by atoms with Gasteiger partial charge in [0.25, 0.3) is 0 Å². The number of carboxylic acid groups (broad SMARTS) is 1. The lowest BCUT2D eigenvalue weighted by Crippen LogP contribution is -2.43. The Morgan fingerprint density at radius 3 is 2.52 bits per heavy atom. The first-order valence-electron chi connectivity index (χ1n) is 9.90. The number of hydrogen-bond acceptors (Lipinski definition) is 3. The lowest BCUT2D eigenvalue weighted by molar-refractivity contribution is -0.0194. The molecular weight excluding hydrogens is 338 g/mol. The molecule has 1 aliphatic heterocycles. The van der Waals surface area contributed by atoms with Crippen LogP contribution in [0.3, 0.4) is 0 Å². The van der Waals surface area contributed by atoms with Gasteiger partial charge in [-0.2, -0.15) is 0 Å². The molecule has 0 amide bonds. The van der Waals surface area contributed by atoms with Crippen LogP contribution in [0.2, 0.25) is 0 Å². The maximum absolute atomic E-state index is 11.7. The van der Waals surface area contributed by atoms with E-state index >= 15 is 0 Å². The predicted molar refractivity (Wildman–Crippen MR) is 109 cm³/mol. The highest BCUT2D eigenvalue weighted by atomic mass is 16.5. The van der Waals surface area contributed by atoms with Crippen molar-refractivity contribution in [2.75, 3.05) is 19.7 Å². The van der Waals surface area contributed by atoms with Crippen molar-refractivity contribution in [2.24, 2.45) is 5.41 Å². The molecule has 1 fully saturated rings. The molecule has 0 spiro atoms. The van der Waals surface area contributed by atoms with Crippen molar-refractivity contribution >= 4 is 16.7 Å². The van der Waals surface area contributed by atoms with E-state index in [1.807, 2.05) is 31.2 Å². The first kappa shape index (κ1) is 19.8. The summed E-state index contributed by atoms with van der Waals surface area (Å²) in [6.07, 6.45) is 2.25. The van der Waals surface area contributed by atoms with Gasteiger partial charge in [-0.05, 0) is 47.6 Å². The highest BCUT2D eigenvalue weighted by Gasteiger charge is 2.33. The molecule has 0 aliphatic carbocycles. The third-order valence-electron chi connectivity index (χ3n) is 5.29. The van der Waals surface area contributed by atoms with E-state index in [9.17, 15) is 9.90 Å². The maximum Gasteiger partial charge on any atom is 0.336 e. The number of fused-ring (bicyclic) bond motifs is 1. The summed E-state index contributed by atoms with van der Waals surface area (Å²) in [5.41, 5.74) is 1.78. The molecule has 4 heteroatoms. The number of benzene rings is 2. The lowest BCUT2D eigenvalue weighted by atomic mass is 9.86. The predicted octanol–water partition coefficient (Wildman–Crippen LogP) is 5.13. The minimum Gasteiger partial charge on any atom is -0.478 e. The smallest absolute Gasteiger partial charge is 0.336 e. The van der Waals surface area contributed by atoms with Crippen LogP contribution in [0, 0.1) is 5.41 Å². The minimum absolute atomic E-state index is 0.202. The summed E-state index contributed by atoms with van der Waals surface area (Å²) in [7, 11) is 0. The largest absolute Gasteiger partial charge is 0.478 e. The third kappa shape index (κ3) is 4.50. The SMILES string of the molecule is CCOC1CCN(CC(C)(C)C)[C@H](c2ccc(C(=O)O)c3ccccc23)C1. The summed E-state index contributed by atoms with van der Waals surface area (Å²) in [6, 6.07) is 11.9. The molecule has 1 saturated heterocycles. The molecule has 146 valence electrons. The fourth-order valence-electron chi connectivity index (χ4n) is 4.29. The van der Waals surface area contributed by atoms with Gasteiger partial charge in [-0.15, -0.1) is 0 Å². The number of carboxylic acids is 1. The first-order chi connectivity index (χ1) is 12.8. The Bertz CT molecular complexity index is 809. The van der Waals surface area contributed by atoms with E-state index < -0.39 is 5.97 Å². The van der Waals surface area contributed by atoms with Crippen LogP contribution in [0.5, 0.6) is 0 Å². The fourth-order valence-corrected chi connectivity index (χ4v) is 4.29. The van der Waals surface area contributed by atoms with Gasteiger partial charge in [-0.3, -0.25) is 4.90 Å². The van der Waals surface area contributed by atoms with Gasteiger partial charge in [0.1, 0.15) is 0 Å². The Morgan fingerprint density at radius 1 is 1.19 bits per heavy atom. The van der Waals surface area contributed by atoms with E-state index in [4.69, 9.17) is 4.74 Å². The zero-order valence-corrected chi connectivity index (χ0v) is 16.9. The number of rotatable bonds is 5. The van der Waals surface area contributed by atoms with E-state index in [1.54, 1.807) is 6.07 Å². The molecule has 3 rings (SSSR count). The number of hydrogen-bond donors (Lipinski definition) is 1. The second-order valence-corrected chi connectivity index (χ2v) is 8.70. The Morgan fingerprint density at radius 2 is 1.89 bits per heavy atom. The number of nitrogens with zero attached hydrogens (tertiary/aromatic N) is 1. The summed E-state index contributed by atoms with van der Waals surface area (Å²) >= 11 is 0. The molecule has 2 aromatic rings. The van der Waals surface area contributed by atoms with E-state index in [2.05, 4.69) is 31.7 Å². The molecule has 2 aromatic carbocycles. The Balaban J connectivity index is 2.06. The highest BCUT2D eigenvalue weighted by molar-refractivity contribution is 6.04. The van der Waals surface area contributed by atoms with Crippen molar-refractivity contribution in [2.45, 2.75) is 52.7 Å². The van der Waals surface area contributed by atoms with Crippen molar-refractivity contribution in [3.8, 4) is 0 Å². The molecule has 0 radical (unpaired) electrons. The monoisotopic (exact) mass is 369 g/mol. The maximum atomic E-state index is 11.7. The molecule has 0 saturated carbocycles. The van der Waals surface area contributed by atoms with Crippen molar-refractivity contribution in [1.29, 1.82) is 0 Å². The number of likely N-dealkylation sites (tertiary alicyclic amines) is 1. The summed E-state index contributed by atoms with van der Waals surface area (Å²) in [6.45, 7) is 11.6. The second-order valence-electron chi connectivity index (χ2n) is 8.70. The van der Waals surface area contributed by atoms with Gasteiger partial charge in [-0.25, -0.2) is 4.79 Å². The lowest BCUT2D eigenvalue weighted by Gasteiger charge is -2.43. The molecule has 1 unspecified atom stereocenters. The molecule has 4 nitrogen and oxygen atoms in total. The van der Waals surface area contributed by atoms with Crippen LogP contribution in [0.4, 0.5) is 0 Å². The molecule has 0 aromatic heterocycles. The van der Waals surface area contributed by atoms with Crippen LogP contribution >= 0.6 is 0 Å². The standard InChI is InChI=1S/C23H31NO3/c1-5-27-16-12-13-24(15-23(2,3)4)21(14-16)19-10-11-20(22(25)26)18-9-7-6-8-17(18)19/h6-11,16,21H,5,12-15H2,1-4H3,(H,25,26)/t16?,21-/m0/s1. The van der Waals surface area contributed by atoms with E-state index in [0.29, 0.717) is 5.56 Å². The van der Waals surface area contributed by atoms with Gasteiger partial charge in [0.05, 0.1) is 11.7 Å². The molecule has 2 atom stereocenters. The van der Waals surface area contributed by atoms with Gasteiger partial charge in [0, 0.05) is 25.7 Å². The third-order valence-corrected chi connectivity index (χ3v) is 5.29. The topological polar surface area (TPSA) is 49.8 Å². The Labute approximate surface area is 162 Å². The quantitative estimate of drug-likeness (QED) is 0.794. The van der Waals surface area contributed by atoms with Crippen molar-refractivity contribution in [1.82, 2.24) is 4.90 Å². The molecule has 1 N–H and O–H groups in total. The van der Waals surface area contributed by atoms with Gasteiger partial charge >= 0.3 is 5.97 Å². The Hall–Kier alpha value is -1.91. The Kier molecular flexibility index (Phi) is 5.87. The van der Waals surface area contributed by atoms with Crippen LogP contribution in [0.25, 0.3) is 10.8 Å². The normalized spacial score (nSPS) is 21.5. The summed E-state index contributed by atoms with van der Waals surface area (Å²) < 4.78 is 5.97. The number of carbonyl (C=O) groups is 1. The summed E-state index contributed by atoms with van der Waals surface area (Å²) in [4.78, 5) is 14.2. The van der Waals surface area contributed by atoms with Crippen molar-refractivity contribution in [3.05, 3.63) is 47.5 Å². The van der Waals surface area contributed by atoms with E-state index in [0.717, 1.165) is 43.3 Å². The summed E-state index contributed by atoms with van der Waals surface area (Å²) in [5, 5.41) is 11.4. The minimum atomic E-state index is -0.875. The van der Waals surface area contributed by atoms with Crippen LogP contribution in [-0.4, -0.2) is 41.8 Å². The van der Waals surface area contributed by atoms with Crippen molar-refractivity contribution < 1.29 is 14.6 Å². The van der Waals surface area contributed by atoms with Crippen LogP contribution < -0.4 is 0 Å². The number of aromatic carboxylic acids is 1. The van der Waals surface area contributed by atoms with Crippen molar-refractivity contribution in [3.63, 3.8) is 0 Å². The molecular formula is C23H31NO3.